The molecule has 27 heavy (non-hydrogen) atoms. The normalized spacial score (nSPS) is 20.9. The van der Waals surface area contributed by atoms with Gasteiger partial charge < -0.3 is 15.1 Å². The van der Waals surface area contributed by atoms with Gasteiger partial charge in [0, 0.05) is 32.2 Å². The molecule has 1 N–H and O–H groups in total. The highest BCUT2D eigenvalue weighted by molar-refractivity contribution is 5.80. The molecule has 8 nitrogen and oxygen atoms in total. The van der Waals surface area contributed by atoms with Gasteiger partial charge in [0.2, 0.25) is 11.8 Å². The minimum Gasteiger partial charge on any atom is -0.339 e. The second kappa shape index (κ2) is 7.48. The highest BCUT2D eigenvalue weighted by Gasteiger charge is 2.31. The fourth-order valence-electron chi connectivity index (χ4n) is 3.91. The molecule has 3 heterocycles. The first-order valence-electron chi connectivity index (χ1n) is 9.35. The number of nitrogens with zero attached hydrogens (tertiary/aromatic N) is 4. The Morgan fingerprint density at radius 3 is 2.93 bits per heavy atom. The van der Waals surface area contributed by atoms with Crippen LogP contribution >= 0.6 is 0 Å². The minimum absolute atomic E-state index is 0.0289. The van der Waals surface area contributed by atoms with Crippen LogP contribution in [0.15, 0.2) is 35.4 Å². The maximum absolute atomic E-state index is 12.8. The SMILES string of the molecule is O=C(Cn1cnc2ccccc2c1=O)N1CCCC(N2CCNCC2=O)C1. The van der Waals surface area contributed by atoms with Crippen LogP contribution in [0.5, 0.6) is 0 Å². The summed E-state index contributed by atoms with van der Waals surface area (Å²) >= 11 is 0. The number of hydrogen-bond donors (Lipinski definition) is 1. The monoisotopic (exact) mass is 369 g/mol. The number of para-hydroxylation sites is 1. The van der Waals surface area contributed by atoms with E-state index in [1.54, 1.807) is 23.1 Å². The third-order valence-corrected chi connectivity index (χ3v) is 5.35. The number of rotatable bonds is 3. The lowest BCUT2D eigenvalue weighted by Gasteiger charge is -2.41. The third-order valence-electron chi connectivity index (χ3n) is 5.35. The summed E-state index contributed by atoms with van der Waals surface area (Å²) in [6.45, 7) is 2.99. The quantitative estimate of drug-likeness (QED) is 0.811. The lowest BCUT2D eigenvalue weighted by Crippen LogP contribution is -2.57. The molecule has 0 radical (unpaired) electrons. The summed E-state index contributed by atoms with van der Waals surface area (Å²) in [6, 6.07) is 7.18. The number of piperidine rings is 1. The van der Waals surface area contributed by atoms with Gasteiger partial charge in [-0.2, -0.15) is 0 Å². The topological polar surface area (TPSA) is 87.5 Å². The van der Waals surface area contributed by atoms with Crippen molar-refractivity contribution < 1.29 is 9.59 Å². The lowest BCUT2D eigenvalue weighted by atomic mass is 10.0. The summed E-state index contributed by atoms with van der Waals surface area (Å²) in [5.74, 6) is -0.0167. The summed E-state index contributed by atoms with van der Waals surface area (Å²) in [5, 5.41) is 3.58. The Balaban J connectivity index is 1.47. The summed E-state index contributed by atoms with van der Waals surface area (Å²) < 4.78 is 1.37. The van der Waals surface area contributed by atoms with Gasteiger partial charge in [0.1, 0.15) is 6.54 Å². The molecule has 2 aromatic rings. The Hall–Kier alpha value is -2.74. The number of carbonyl (C=O) groups is 2. The molecular formula is C19H23N5O3. The van der Waals surface area contributed by atoms with Crippen molar-refractivity contribution in [3.05, 3.63) is 40.9 Å². The van der Waals surface area contributed by atoms with Crippen LogP contribution in [0.25, 0.3) is 10.9 Å². The first kappa shape index (κ1) is 17.7. The Bertz CT molecular complexity index is 925. The predicted octanol–water partition coefficient (Wildman–Crippen LogP) is -0.181. The number of piperazine rings is 1. The fraction of sp³-hybridized carbons (Fsp3) is 0.474. The largest absolute Gasteiger partial charge is 0.339 e. The molecule has 1 aromatic heterocycles. The second-order valence-electron chi connectivity index (χ2n) is 7.09. The molecule has 1 unspecified atom stereocenters. The molecule has 0 saturated carbocycles. The standard InChI is InChI=1S/C19H23N5O3/c25-17-10-20-7-9-24(17)14-4-3-8-22(11-14)18(26)12-23-13-21-16-6-2-1-5-15(16)19(23)27/h1-2,5-6,13-14,20H,3-4,7-12H2. The molecule has 2 saturated heterocycles. The minimum atomic E-state index is -0.209. The van der Waals surface area contributed by atoms with Crippen molar-refractivity contribution in [3.63, 3.8) is 0 Å². The van der Waals surface area contributed by atoms with Gasteiger partial charge in [-0.25, -0.2) is 4.98 Å². The van der Waals surface area contributed by atoms with E-state index in [0.717, 1.165) is 19.4 Å². The van der Waals surface area contributed by atoms with Gasteiger partial charge in [0.05, 0.1) is 23.8 Å². The van der Waals surface area contributed by atoms with E-state index < -0.39 is 0 Å². The molecule has 8 heteroatoms. The number of nitrogens with one attached hydrogen (secondary N) is 1. The van der Waals surface area contributed by atoms with Gasteiger partial charge in [-0.3, -0.25) is 19.0 Å². The smallest absolute Gasteiger partial charge is 0.261 e. The first-order valence-corrected chi connectivity index (χ1v) is 9.35. The van der Waals surface area contributed by atoms with E-state index in [1.165, 1.54) is 10.9 Å². The number of fused-ring (bicyclic) bond motifs is 1. The van der Waals surface area contributed by atoms with Gasteiger partial charge in [-0.15, -0.1) is 0 Å². The second-order valence-corrected chi connectivity index (χ2v) is 7.09. The van der Waals surface area contributed by atoms with Crippen LogP contribution in [0.2, 0.25) is 0 Å². The summed E-state index contributed by atoms with van der Waals surface area (Å²) in [7, 11) is 0. The molecule has 4 rings (SSSR count). The number of benzene rings is 1. The molecule has 1 atom stereocenters. The summed E-state index contributed by atoms with van der Waals surface area (Å²) in [6.07, 6.45) is 3.20. The molecule has 2 amide bonds. The van der Waals surface area contributed by atoms with Gasteiger partial charge in [-0.1, -0.05) is 12.1 Å². The van der Waals surface area contributed by atoms with Gasteiger partial charge in [0.15, 0.2) is 0 Å². The average molecular weight is 369 g/mol. The Labute approximate surface area is 156 Å². The molecule has 0 bridgehead atoms. The maximum atomic E-state index is 12.8. The van der Waals surface area contributed by atoms with Crippen molar-refractivity contribution in [1.82, 2.24) is 24.7 Å². The fourth-order valence-corrected chi connectivity index (χ4v) is 3.91. The van der Waals surface area contributed by atoms with Crippen molar-refractivity contribution in [2.24, 2.45) is 0 Å². The van der Waals surface area contributed by atoms with Crippen LogP contribution in [0.4, 0.5) is 0 Å². The zero-order valence-electron chi connectivity index (χ0n) is 15.1. The average Bonchev–Trinajstić information content (AvgIpc) is 2.71. The molecule has 1 aromatic carbocycles. The molecular weight excluding hydrogens is 346 g/mol. The zero-order chi connectivity index (χ0) is 18.8. The van der Waals surface area contributed by atoms with E-state index >= 15 is 0 Å². The molecule has 2 aliphatic heterocycles. The van der Waals surface area contributed by atoms with Crippen LogP contribution in [0.3, 0.4) is 0 Å². The van der Waals surface area contributed by atoms with Crippen LogP contribution in [0, 0.1) is 0 Å². The van der Waals surface area contributed by atoms with E-state index in [0.29, 0.717) is 37.1 Å². The van der Waals surface area contributed by atoms with Gasteiger partial charge >= 0.3 is 0 Å². The number of carbonyl (C=O) groups excluding carboxylic acids is 2. The molecule has 0 spiro atoms. The van der Waals surface area contributed by atoms with Crippen molar-refractivity contribution in [2.75, 3.05) is 32.7 Å². The van der Waals surface area contributed by atoms with Crippen LogP contribution in [-0.4, -0.2) is 69.9 Å². The van der Waals surface area contributed by atoms with Crippen molar-refractivity contribution in [2.45, 2.75) is 25.4 Å². The van der Waals surface area contributed by atoms with Crippen molar-refractivity contribution in [3.8, 4) is 0 Å². The lowest BCUT2D eigenvalue weighted by molar-refractivity contribution is -0.140. The Kier molecular flexibility index (Phi) is 4.89. The summed E-state index contributed by atoms with van der Waals surface area (Å²) in [4.78, 5) is 45.4. The number of amides is 2. The van der Waals surface area contributed by atoms with Crippen LogP contribution in [0.1, 0.15) is 12.8 Å². The molecule has 2 aliphatic rings. The summed E-state index contributed by atoms with van der Waals surface area (Å²) in [5.41, 5.74) is 0.418. The molecule has 0 aliphatic carbocycles. The Morgan fingerprint density at radius 1 is 1.22 bits per heavy atom. The van der Waals surface area contributed by atoms with E-state index in [2.05, 4.69) is 10.3 Å². The molecule has 142 valence electrons. The van der Waals surface area contributed by atoms with E-state index in [4.69, 9.17) is 0 Å². The van der Waals surface area contributed by atoms with Crippen molar-refractivity contribution >= 4 is 22.7 Å². The van der Waals surface area contributed by atoms with Crippen LogP contribution < -0.4 is 10.9 Å². The highest BCUT2D eigenvalue weighted by atomic mass is 16.2. The highest BCUT2D eigenvalue weighted by Crippen LogP contribution is 2.17. The van der Waals surface area contributed by atoms with E-state index in [9.17, 15) is 14.4 Å². The van der Waals surface area contributed by atoms with Gasteiger partial charge in [-0.05, 0) is 25.0 Å². The van der Waals surface area contributed by atoms with E-state index in [-0.39, 0.29) is 30.0 Å². The third kappa shape index (κ3) is 3.57. The number of likely N-dealkylation sites (tertiary alicyclic amines) is 1. The number of aromatic nitrogens is 2. The van der Waals surface area contributed by atoms with Gasteiger partial charge in [0.25, 0.3) is 5.56 Å². The first-order chi connectivity index (χ1) is 13.1. The maximum Gasteiger partial charge on any atom is 0.261 e. The van der Waals surface area contributed by atoms with E-state index in [1.807, 2.05) is 11.0 Å². The molecule has 2 fully saturated rings. The number of hydrogen-bond acceptors (Lipinski definition) is 5. The zero-order valence-corrected chi connectivity index (χ0v) is 15.1. The predicted molar refractivity (Wildman–Crippen MR) is 100 cm³/mol. The van der Waals surface area contributed by atoms with Crippen LogP contribution in [-0.2, 0) is 16.1 Å². The van der Waals surface area contributed by atoms with Crippen molar-refractivity contribution in [1.29, 1.82) is 0 Å². The Morgan fingerprint density at radius 2 is 2.07 bits per heavy atom.